The van der Waals surface area contributed by atoms with Crippen LogP contribution in [0.4, 0.5) is 4.79 Å². The molecule has 0 radical (unpaired) electrons. The molecule has 1 amide bonds. The molecule has 0 aromatic carbocycles. The van der Waals surface area contributed by atoms with Gasteiger partial charge in [-0.3, -0.25) is 4.90 Å². The third-order valence-corrected chi connectivity index (χ3v) is 3.41. The van der Waals surface area contributed by atoms with Crippen molar-refractivity contribution in [3.05, 3.63) is 23.4 Å². The molecule has 1 aliphatic heterocycles. The van der Waals surface area contributed by atoms with Gasteiger partial charge in [0.05, 0.1) is 6.54 Å². The predicted octanol–water partition coefficient (Wildman–Crippen LogP) is 0.479. The Balaban J connectivity index is 2.39. The zero-order chi connectivity index (χ0) is 11.9. The number of hydrogen-bond donors (Lipinski definition) is 1. The van der Waals surface area contributed by atoms with Crippen molar-refractivity contribution in [2.75, 3.05) is 6.26 Å². The third-order valence-electron chi connectivity index (χ3n) is 2.43. The summed E-state index contributed by atoms with van der Waals surface area (Å²) in [5.74, 6) is 0. The third kappa shape index (κ3) is 1.85. The summed E-state index contributed by atoms with van der Waals surface area (Å²) < 4.78 is 22.5. The van der Waals surface area contributed by atoms with Crippen LogP contribution in [-0.4, -0.2) is 35.8 Å². The number of sulfone groups is 1. The van der Waals surface area contributed by atoms with Gasteiger partial charge in [0.25, 0.3) is 0 Å². The van der Waals surface area contributed by atoms with Gasteiger partial charge in [-0.2, -0.15) is 0 Å². The second kappa shape index (κ2) is 3.44. The van der Waals surface area contributed by atoms with E-state index in [0.717, 1.165) is 11.8 Å². The fourth-order valence-electron chi connectivity index (χ4n) is 1.60. The molecule has 0 bridgehead atoms. The van der Waals surface area contributed by atoms with Gasteiger partial charge in [-0.15, -0.1) is 0 Å². The summed E-state index contributed by atoms with van der Waals surface area (Å²) in [5, 5.41) is 8.79. The van der Waals surface area contributed by atoms with Crippen molar-refractivity contribution in [2.24, 2.45) is 0 Å². The second-order valence-electron chi connectivity index (χ2n) is 3.70. The van der Waals surface area contributed by atoms with Crippen molar-refractivity contribution in [3.63, 3.8) is 0 Å². The van der Waals surface area contributed by atoms with Crippen LogP contribution < -0.4 is 0 Å². The molecule has 0 aliphatic carbocycles. The fourth-order valence-corrected chi connectivity index (χ4v) is 2.20. The van der Waals surface area contributed by atoms with Gasteiger partial charge in [0.2, 0.25) is 0 Å². The van der Waals surface area contributed by atoms with E-state index >= 15 is 0 Å². The molecule has 0 atom stereocenters. The number of fused-ring (bicyclic) bond motifs is 1. The highest BCUT2D eigenvalue weighted by molar-refractivity contribution is 7.90. The van der Waals surface area contributed by atoms with Gasteiger partial charge in [-0.1, -0.05) is 0 Å². The van der Waals surface area contributed by atoms with Crippen molar-refractivity contribution < 1.29 is 18.3 Å². The summed E-state index contributed by atoms with van der Waals surface area (Å²) in [7, 11) is -3.34. The van der Waals surface area contributed by atoms with E-state index in [0.29, 0.717) is 5.56 Å². The second-order valence-corrected chi connectivity index (χ2v) is 5.66. The molecular formula is C9H10N2O4S. The normalized spacial score (nSPS) is 14.9. The van der Waals surface area contributed by atoms with Crippen LogP contribution in [0.15, 0.2) is 17.3 Å². The number of pyridine rings is 1. The highest BCUT2D eigenvalue weighted by atomic mass is 32.2. The molecule has 0 unspecified atom stereocenters. The average molecular weight is 242 g/mol. The minimum Gasteiger partial charge on any atom is -0.465 e. The Hall–Kier alpha value is -1.63. The van der Waals surface area contributed by atoms with Gasteiger partial charge in [-0.05, 0) is 17.2 Å². The van der Waals surface area contributed by atoms with E-state index < -0.39 is 15.9 Å². The van der Waals surface area contributed by atoms with Gasteiger partial charge >= 0.3 is 6.09 Å². The molecule has 0 saturated carbocycles. The standard InChI is InChI=1S/C9H10N2O4S/c1-16(14,15)8-2-6-4-11(9(12)13)5-7(6)3-10-8/h2-3H,4-5H2,1H3,(H,12,13). The largest absolute Gasteiger partial charge is 0.465 e. The molecule has 1 N–H and O–H groups in total. The summed E-state index contributed by atoms with van der Waals surface area (Å²) in [5.41, 5.74) is 1.47. The first-order valence-electron chi connectivity index (χ1n) is 4.53. The zero-order valence-electron chi connectivity index (χ0n) is 8.54. The van der Waals surface area contributed by atoms with Crippen LogP contribution >= 0.6 is 0 Å². The molecule has 0 fully saturated rings. The molecule has 16 heavy (non-hydrogen) atoms. The Kier molecular flexibility index (Phi) is 2.34. The van der Waals surface area contributed by atoms with Crippen LogP contribution in [0.25, 0.3) is 0 Å². The van der Waals surface area contributed by atoms with E-state index in [9.17, 15) is 13.2 Å². The van der Waals surface area contributed by atoms with E-state index in [2.05, 4.69) is 4.98 Å². The molecule has 1 aliphatic rings. The lowest BCUT2D eigenvalue weighted by atomic mass is 10.2. The Morgan fingerprint density at radius 2 is 2.06 bits per heavy atom. The fraction of sp³-hybridized carbons (Fsp3) is 0.333. The molecule has 7 heteroatoms. The lowest BCUT2D eigenvalue weighted by molar-refractivity contribution is 0.145. The average Bonchev–Trinajstić information content (AvgIpc) is 2.58. The van der Waals surface area contributed by atoms with Gasteiger partial charge in [0, 0.05) is 19.0 Å². The van der Waals surface area contributed by atoms with Crippen LogP contribution in [0.5, 0.6) is 0 Å². The molecule has 86 valence electrons. The van der Waals surface area contributed by atoms with Crippen molar-refractivity contribution in [1.82, 2.24) is 9.88 Å². The van der Waals surface area contributed by atoms with Crippen LogP contribution in [0.3, 0.4) is 0 Å². The molecule has 0 spiro atoms. The van der Waals surface area contributed by atoms with E-state index in [1.54, 1.807) is 0 Å². The topological polar surface area (TPSA) is 87.6 Å². The SMILES string of the molecule is CS(=O)(=O)c1cc2c(cn1)CN(C(=O)O)C2. The number of nitrogens with zero attached hydrogens (tertiary/aromatic N) is 2. The summed E-state index contributed by atoms with van der Waals surface area (Å²) >= 11 is 0. The summed E-state index contributed by atoms with van der Waals surface area (Å²) in [4.78, 5) is 15.8. The molecular weight excluding hydrogens is 232 g/mol. The Morgan fingerprint density at radius 1 is 1.44 bits per heavy atom. The lowest BCUT2D eigenvalue weighted by Gasteiger charge is -2.08. The molecule has 2 heterocycles. The highest BCUT2D eigenvalue weighted by Gasteiger charge is 2.24. The maximum absolute atomic E-state index is 11.3. The molecule has 1 aromatic rings. The Morgan fingerprint density at radius 3 is 2.62 bits per heavy atom. The van der Waals surface area contributed by atoms with Crippen molar-refractivity contribution in [1.29, 1.82) is 0 Å². The first-order chi connectivity index (χ1) is 7.38. The number of carboxylic acid groups (broad SMARTS) is 1. The van der Waals surface area contributed by atoms with Crippen LogP contribution in [0.2, 0.25) is 0 Å². The number of hydrogen-bond acceptors (Lipinski definition) is 4. The van der Waals surface area contributed by atoms with E-state index in [1.807, 2.05) is 0 Å². The minimum absolute atomic E-state index is 0.0153. The van der Waals surface area contributed by atoms with Crippen molar-refractivity contribution in [2.45, 2.75) is 18.1 Å². The maximum atomic E-state index is 11.3. The zero-order valence-corrected chi connectivity index (χ0v) is 9.36. The monoisotopic (exact) mass is 242 g/mol. The minimum atomic E-state index is -3.34. The predicted molar refractivity (Wildman–Crippen MR) is 54.6 cm³/mol. The first-order valence-corrected chi connectivity index (χ1v) is 6.43. The van der Waals surface area contributed by atoms with Crippen molar-refractivity contribution in [3.8, 4) is 0 Å². The number of rotatable bonds is 1. The Bertz CT molecular complexity index is 553. The molecule has 1 aromatic heterocycles. The van der Waals surface area contributed by atoms with Gasteiger partial charge < -0.3 is 5.11 Å². The Labute approximate surface area is 92.4 Å². The van der Waals surface area contributed by atoms with Gasteiger partial charge in [0.1, 0.15) is 0 Å². The van der Waals surface area contributed by atoms with E-state index in [-0.39, 0.29) is 18.1 Å². The van der Waals surface area contributed by atoms with Gasteiger partial charge in [0.15, 0.2) is 14.9 Å². The first kappa shape index (κ1) is 10.9. The summed E-state index contributed by atoms with van der Waals surface area (Å²) in [6.45, 7) is 0.484. The molecule has 2 rings (SSSR count). The van der Waals surface area contributed by atoms with Crippen molar-refractivity contribution >= 4 is 15.9 Å². The maximum Gasteiger partial charge on any atom is 0.407 e. The van der Waals surface area contributed by atoms with E-state index in [1.165, 1.54) is 17.2 Å². The van der Waals surface area contributed by atoms with Crippen LogP contribution in [-0.2, 0) is 22.9 Å². The number of aromatic nitrogens is 1. The summed E-state index contributed by atoms with van der Waals surface area (Å²) in [6, 6.07) is 1.44. The number of amides is 1. The molecule has 6 nitrogen and oxygen atoms in total. The van der Waals surface area contributed by atoms with Crippen LogP contribution in [0.1, 0.15) is 11.1 Å². The number of carbonyl (C=O) groups is 1. The molecule has 0 saturated heterocycles. The van der Waals surface area contributed by atoms with E-state index in [4.69, 9.17) is 5.11 Å². The lowest BCUT2D eigenvalue weighted by Crippen LogP contribution is -2.22. The smallest absolute Gasteiger partial charge is 0.407 e. The summed E-state index contributed by atoms with van der Waals surface area (Å²) in [6.07, 6.45) is 1.48. The quantitative estimate of drug-likeness (QED) is 0.773. The van der Waals surface area contributed by atoms with Crippen LogP contribution in [0, 0.1) is 0 Å². The van der Waals surface area contributed by atoms with Gasteiger partial charge in [-0.25, -0.2) is 18.2 Å². The highest BCUT2D eigenvalue weighted by Crippen LogP contribution is 2.23.